The molecule has 4 heteroatoms. The summed E-state index contributed by atoms with van der Waals surface area (Å²) in [6.07, 6.45) is 15.9. The Morgan fingerprint density at radius 2 is 1.84 bits per heavy atom. The lowest BCUT2D eigenvalue weighted by atomic mass is 9.57. The first kappa shape index (κ1) is 22.2. The van der Waals surface area contributed by atoms with E-state index in [1.807, 2.05) is 0 Å². The Morgan fingerprint density at radius 1 is 1.03 bits per heavy atom. The zero-order valence-electron chi connectivity index (χ0n) is 19.8. The van der Waals surface area contributed by atoms with Gasteiger partial charge in [0.25, 0.3) is 0 Å². The van der Waals surface area contributed by atoms with Crippen LogP contribution in [0.5, 0.6) is 0 Å². The maximum Gasteiger partial charge on any atom is 0.0934 e. The molecule has 32 heavy (non-hydrogen) atoms. The van der Waals surface area contributed by atoms with Gasteiger partial charge in [0.1, 0.15) is 0 Å². The van der Waals surface area contributed by atoms with Crippen molar-refractivity contribution >= 4 is 0 Å². The molecule has 0 amide bonds. The normalized spacial score (nSPS) is 40.6. The largest absolute Gasteiger partial charge is 0.372 e. The van der Waals surface area contributed by atoms with Crippen LogP contribution in [0.1, 0.15) is 64.4 Å². The molecule has 7 atom stereocenters. The molecule has 5 N–H and O–H groups in total. The molecule has 1 aromatic rings. The second kappa shape index (κ2) is 8.62. The Kier molecular flexibility index (Phi) is 5.98. The molecule has 2 bridgehead atoms. The van der Waals surface area contributed by atoms with Crippen LogP contribution >= 0.6 is 0 Å². The third kappa shape index (κ3) is 4.30. The number of hydrogen-bond donors (Lipinski definition) is 3. The third-order valence-corrected chi connectivity index (χ3v) is 9.04. The lowest BCUT2D eigenvalue weighted by Crippen LogP contribution is -2.66. The minimum absolute atomic E-state index is 0.0228. The molecule has 3 heterocycles. The van der Waals surface area contributed by atoms with Gasteiger partial charge in [0, 0.05) is 18.2 Å². The summed E-state index contributed by atoms with van der Waals surface area (Å²) in [7, 11) is 0. The first-order valence-electron chi connectivity index (χ1n) is 12.7. The fourth-order valence-corrected chi connectivity index (χ4v) is 7.47. The Labute approximate surface area is 193 Å². The summed E-state index contributed by atoms with van der Waals surface area (Å²) in [4.78, 5) is 0. The minimum atomic E-state index is -0.0962. The first-order chi connectivity index (χ1) is 15.3. The summed E-state index contributed by atoms with van der Waals surface area (Å²) in [5.74, 6) is 2.46. The molecule has 1 aromatic carbocycles. The highest BCUT2D eigenvalue weighted by Crippen LogP contribution is 2.56. The Morgan fingerprint density at radius 3 is 2.53 bits per heavy atom. The summed E-state index contributed by atoms with van der Waals surface area (Å²) >= 11 is 0. The molecule has 2 saturated heterocycles. The Hall–Kier alpha value is -1.62. The maximum atomic E-state index is 6.94. The van der Waals surface area contributed by atoms with Crippen LogP contribution in [0, 0.1) is 23.7 Å². The monoisotopic (exact) mass is 435 g/mol. The van der Waals surface area contributed by atoms with Crippen LogP contribution in [0.3, 0.4) is 0 Å². The number of allylic oxidation sites excluding steroid dienone is 2. The van der Waals surface area contributed by atoms with E-state index in [1.165, 1.54) is 49.7 Å². The summed E-state index contributed by atoms with van der Waals surface area (Å²) in [5.41, 5.74) is 15.4. The number of benzene rings is 1. The smallest absolute Gasteiger partial charge is 0.0934 e. The number of nitrogens with two attached hydrogens (primary N) is 2. The van der Waals surface area contributed by atoms with Gasteiger partial charge >= 0.3 is 0 Å². The fourth-order valence-electron chi connectivity index (χ4n) is 7.47. The van der Waals surface area contributed by atoms with E-state index in [1.54, 1.807) is 0 Å². The van der Waals surface area contributed by atoms with Crippen molar-refractivity contribution < 1.29 is 4.74 Å². The van der Waals surface area contributed by atoms with Gasteiger partial charge in [-0.1, -0.05) is 36.4 Å². The quantitative estimate of drug-likeness (QED) is 0.629. The molecule has 4 fully saturated rings. The van der Waals surface area contributed by atoms with Gasteiger partial charge < -0.3 is 21.5 Å². The summed E-state index contributed by atoms with van der Waals surface area (Å²) in [6, 6.07) is 11.3. The van der Waals surface area contributed by atoms with E-state index < -0.39 is 0 Å². The average molecular weight is 436 g/mol. The predicted molar refractivity (Wildman–Crippen MR) is 131 cm³/mol. The second-order valence-corrected chi connectivity index (χ2v) is 11.5. The number of fused-ring (bicyclic) bond motifs is 3. The molecule has 0 spiro atoms. The van der Waals surface area contributed by atoms with Gasteiger partial charge in [0.2, 0.25) is 0 Å². The van der Waals surface area contributed by atoms with Crippen LogP contribution in [0.25, 0.3) is 0 Å². The molecule has 5 aliphatic rings. The summed E-state index contributed by atoms with van der Waals surface area (Å²) < 4.78 is 6.94. The van der Waals surface area contributed by atoms with E-state index in [9.17, 15) is 0 Å². The Bertz CT molecular complexity index is 863. The third-order valence-electron chi connectivity index (χ3n) is 9.04. The predicted octanol–water partition coefficient (Wildman–Crippen LogP) is 4.65. The number of ether oxygens (including phenoxy) is 1. The number of dihydropyridines is 1. The first-order valence-corrected chi connectivity index (χ1v) is 12.7. The van der Waals surface area contributed by atoms with Crippen LogP contribution < -0.4 is 16.8 Å². The number of rotatable bonds is 5. The van der Waals surface area contributed by atoms with E-state index in [0.717, 1.165) is 12.8 Å². The van der Waals surface area contributed by atoms with Gasteiger partial charge in [-0.2, -0.15) is 0 Å². The topological polar surface area (TPSA) is 73.3 Å². The van der Waals surface area contributed by atoms with E-state index in [0.29, 0.717) is 23.7 Å². The Balaban J connectivity index is 1.36. The van der Waals surface area contributed by atoms with Crippen molar-refractivity contribution in [3.8, 4) is 0 Å². The minimum Gasteiger partial charge on any atom is -0.372 e. The van der Waals surface area contributed by atoms with E-state index in [-0.39, 0.29) is 23.4 Å². The molecule has 0 aromatic heterocycles. The van der Waals surface area contributed by atoms with Gasteiger partial charge in [-0.05, 0) is 100 Å². The summed E-state index contributed by atoms with van der Waals surface area (Å²) in [6.45, 7) is 4.55. The fraction of sp³-hybridized carbons (Fsp3) is 0.643. The number of hydrogen-bond acceptors (Lipinski definition) is 4. The van der Waals surface area contributed by atoms with Gasteiger partial charge in [-0.25, -0.2) is 0 Å². The van der Waals surface area contributed by atoms with Crippen LogP contribution in [0.4, 0.5) is 0 Å². The molecular weight excluding hydrogens is 394 g/mol. The van der Waals surface area contributed by atoms with Gasteiger partial charge in [-0.15, -0.1) is 0 Å². The standard InChI is InChI=1S/C28H41N3O/c1-27(2)24-12-13-28(32-27,17-25(24)29)23-10-9-21(14-19-6-4-3-5-7-19)22(16-23)15-20-8-11-26(30)31-18-20/h3-8,11,18,21-26,31H,9-10,12-17,29-30H2,1-2H3. The van der Waals surface area contributed by atoms with Gasteiger partial charge in [0.15, 0.2) is 0 Å². The second-order valence-electron chi connectivity index (χ2n) is 11.5. The highest BCUT2D eigenvalue weighted by Gasteiger charge is 2.58. The van der Waals surface area contributed by atoms with Crippen LogP contribution in [-0.2, 0) is 11.2 Å². The molecule has 2 aliphatic carbocycles. The zero-order valence-corrected chi connectivity index (χ0v) is 19.8. The van der Waals surface area contributed by atoms with Crippen molar-refractivity contribution in [3.63, 3.8) is 0 Å². The van der Waals surface area contributed by atoms with E-state index in [4.69, 9.17) is 16.2 Å². The van der Waals surface area contributed by atoms with Crippen LogP contribution in [-0.4, -0.2) is 23.4 Å². The van der Waals surface area contributed by atoms with Crippen molar-refractivity contribution in [2.24, 2.45) is 35.1 Å². The molecule has 6 rings (SSSR count). The van der Waals surface area contributed by atoms with Crippen molar-refractivity contribution in [1.82, 2.24) is 5.32 Å². The SMILES string of the molecule is CC1(C)OC2(C3CCC(Cc4ccccc4)C(CC4=CNC(N)C=C4)C3)CCC1C(N)C2. The van der Waals surface area contributed by atoms with Crippen LogP contribution in [0.15, 0.2) is 54.3 Å². The van der Waals surface area contributed by atoms with Gasteiger partial charge in [-0.3, -0.25) is 0 Å². The van der Waals surface area contributed by atoms with Crippen LogP contribution in [0.2, 0.25) is 0 Å². The van der Waals surface area contributed by atoms with Crippen molar-refractivity contribution in [3.05, 3.63) is 59.8 Å². The average Bonchev–Trinajstić information content (AvgIpc) is 2.76. The molecule has 7 unspecified atom stereocenters. The van der Waals surface area contributed by atoms with Crippen molar-refractivity contribution in [2.75, 3.05) is 0 Å². The van der Waals surface area contributed by atoms with Gasteiger partial charge in [0.05, 0.1) is 17.4 Å². The lowest BCUT2D eigenvalue weighted by molar-refractivity contribution is -0.269. The molecule has 2 saturated carbocycles. The van der Waals surface area contributed by atoms with Crippen molar-refractivity contribution in [2.45, 2.75) is 88.6 Å². The highest BCUT2D eigenvalue weighted by atomic mass is 16.5. The van der Waals surface area contributed by atoms with Crippen molar-refractivity contribution in [1.29, 1.82) is 0 Å². The molecule has 174 valence electrons. The highest BCUT2D eigenvalue weighted by molar-refractivity contribution is 5.25. The van der Waals surface area contributed by atoms with E-state index in [2.05, 4.69) is 67.8 Å². The number of nitrogens with one attached hydrogen (secondary N) is 1. The summed E-state index contributed by atoms with van der Waals surface area (Å²) in [5, 5.41) is 3.29. The maximum absolute atomic E-state index is 6.94. The molecular formula is C28H41N3O. The van der Waals surface area contributed by atoms with E-state index >= 15 is 0 Å². The molecule has 3 aliphatic heterocycles. The molecule has 0 radical (unpaired) electrons. The zero-order chi connectivity index (χ0) is 22.3. The lowest BCUT2D eigenvalue weighted by Gasteiger charge is -2.61. The molecule has 4 nitrogen and oxygen atoms in total.